The Morgan fingerprint density at radius 1 is 0.818 bits per heavy atom. The van der Waals surface area contributed by atoms with E-state index in [1.807, 2.05) is 0 Å². The summed E-state index contributed by atoms with van der Waals surface area (Å²) in [7, 11) is 0. The van der Waals surface area contributed by atoms with Gasteiger partial charge in [-0.15, -0.1) is 6.58 Å². The lowest BCUT2D eigenvalue weighted by Crippen LogP contribution is -2.18. The highest BCUT2D eigenvalue weighted by Crippen LogP contribution is 2.42. The highest BCUT2D eigenvalue weighted by molar-refractivity contribution is 5.40. The molecule has 0 heterocycles. The first kappa shape index (κ1) is 34.5. The van der Waals surface area contributed by atoms with Crippen LogP contribution >= 0.6 is 0 Å². The molecule has 0 aromatic heterocycles. The summed E-state index contributed by atoms with van der Waals surface area (Å²) in [6, 6.07) is 16.9. The smallest absolute Gasteiger partial charge is 0.00228 e. The van der Waals surface area contributed by atoms with Crippen LogP contribution in [0.2, 0.25) is 0 Å². The van der Waals surface area contributed by atoms with Gasteiger partial charge in [-0.1, -0.05) is 123 Å². The van der Waals surface area contributed by atoms with Gasteiger partial charge in [0.2, 0.25) is 0 Å². The second-order valence-electron chi connectivity index (χ2n) is 14.9. The number of allylic oxidation sites excluding steroid dienone is 4. The highest BCUT2D eigenvalue weighted by Gasteiger charge is 2.27. The number of rotatable bonds is 16. The molecule has 2 aromatic rings. The van der Waals surface area contributed by atoms with Gasteiger partial charge in [0.05, 0.1) is 0 Å². The average Bonchev–Trinajstić information content (AvgIpc) is 2.99. The molecule has 0 bridgehead atoms. The van der Waals surface area contributed by atoms with Crippen molar-refractivity contribution in [3.8, 4) is 0 Å². The third-order valence-corrected chi connectivity index (χ3v) is 10.8. The molecule has 2 unspecified atom stereocenters. The lowest BCUT2D eigenvalue weighted by molar-refractivity contribution is 0.288. The highest BCUT2D eigenvalue weighted by atomic mass is 14.3. The molecule has 1 fully saturated rings. The number of benzene rings is 2. The average molecular weight is 593 g/mol. The first-order valence-electron chi connectivity index (χ1n) is 18.5. The SMILES string of the molecule is C=C(C)C[C@@H](C)c1ccc(C(CCCCCCC(=C)CC2CC/C=C/CCC2)C2CCCCC2)c(Cc2ccc(C)cc2)c1. The molecule has 44 heavy (non-hydrogen) atoms. The van der Waals surface area contributed by atoms with E-state index >= 15 is 0 Å². The van der Waals surface area contributed by atoms with Crippen LogP contribution in [0.1, 0.15) is 169 Å². The molecule has 0 spiro atoms. The van der Waals surface area contributed by atoms with Crippen molar-refractivity contribution >= 4 is 0 Å². The predicted molar refractivity (Wildman–Crippen MR) is 195 cm³/mol. The molecule has 2 aliphatic carbocycles. The molecule has 0 radical (unpaired) electrons. The largest absolute Gasteiger partial charge is 0.100 e. The third kappa shape index (κ3) is 11.5. The fraction of sp³-hybridized carbons (Fsp3) is 0.591. The molecule has 4 rings (SSSR count). The Morgan fingerprint density at radius 2 is 1.57 bits per heavy atom. The van der Waals surface area contributed by atoms with Crippen LogP contribution in [0.3, 0.4) is 0 Å². The topological polar surface area (TPSA) is 0 Å². The van der Waals surface area contributed by atoms with Gasteiger partial charge in [-0.2, -0.15) is 0 Å². The normalized spacial score (nSPS) is 19.9. The molecule has 0 amide bonds. The number of aryl methyl sites for hydroxylation is 1. The first-order chi connectivity index (χ1) is 21.4. The van der Waals surface area contributed by atoms with Crippen molar-refractivity contribution < 1.29 is 0 Å². The molecular formula is C44H64. The Morgan fingerprint density at radius 3 is 2.34 bits per heavy atom. The van der Waals surface area contributed by atoms with Gasteiger partial charge in [0.1, 0.15) is 0 Å². The molecule has 1 saturated carbocycles. The summed E-state index contributed by atoms with van der Waals surface area (Å²) >= 11 is 0. The van der Waals surface area contributed by atoms with E-state index in [1.54, 1.807) is 11.1 Å². The van der Waals surface area contributed by atoms with Gasteiger partial charge in [0.15, 0.2) is 0 Å². The minimum absolute atomic E-state index is 0.519. The van der Waals surface area contributed by atoms with Crippen LogP contribution in [0, 0.1) is 18.8 Å². The van der Waals surface area contributed by atoms with Crippen LogP contribution in [0.5, 0.6) is 0 Å². The van der Waals surface area contributed by atoms with Gasteiger partial charge in [0, 0.05) is 0 Å². The second-order valence-corrected chi connectivity index (χ2v) is 14.9. The summed E-state index contributed by atoms with van der Waals surface area (Å²) in [6.07, 6.45) is 29.9. The monoisotopic (exact) mass is 593 g/mol. The standard InChI is InChI=1S/C44H64/c1-34(2)30-37(5)41-28-29-44(42(33-41)32-39-26-24-35(3)25-27-39)43(40-21-15-11-16-22-40)23-17-10-9-12-18-36(4)31-38-19-13-7-6-8-14-20-38/h6-7,24-29,33,37-38,40,43H,1,4,8-23,30-32H2,2-3,5H3/b7-6+/t37-,38?,43?/m1/s1. The Kier molecular flexibility index (Phi) is 14.6. The second kappa shape index (κ2) is 18.6. The lowest BCUT2D eigenvalue weighted by Gasteiger charge is -2.33. The van der Waals surface area contributed by atoms with Gasteiger partial charge >= 0.3 is 0 Å². The molecular weight excluding hydrogens is 528 g/mol. The van der Waals surface area contributed by atoms with E-state index in [2.05, 4.69) is 88.5 Å². The van der Waals surface area contributed by atoms with Crippen molar-refractivity contribution in [1.82, 2.24) is 0 Å². The number of hydrogen-bond donors (Lipinski definition) is 0. The Labute approximate surface area is 272 Å². The molecule has 0 N–H and O–H groups in total. The third-order valence-electron chi connectivity index (χ3n) is 10.8. The van der Waals surface area contributed by atoms with E-state index in [4.69, 9.17) is 0 Å². The molecule has 2 aliphatic rings. The fourth-order valence-corrected chi connectivity index (χ4v) is 8.24. The zero-order chi connectivity index (χ0) is 31.1. The maximum atomic E-state index is 4.51. The number of hydrogen-bond acceptors (Lipinski definition) is 0. The van der Waals surface area contributed by atoms with Crippen molar-refractivity contribution in [2.24, 2.45) is 11.8 Å². The van der Waals surface area contributed by atoms with E-state index < -0.39 is 0 Å². The van der Waals surface area contributed by atoms with Crippen molar-refractivity contribution in [1.29, 1.82) is 0 Å². The van der Waals surface area contributed by atoms with E-state index in [9.17, 15) is 0 Å². The number of unbranched alkanes of at least 4 members (excludes halogenated alkanes) is 3. The van der Waals surface area contributed by atoms with Gasteiger partial charge in [0.25, 0.3) is 0 Å². The van der Waals surface area contributed by atoms with Gasteiger partial charge in [-0.25, -0.2) is 0 Å². The van der Waals surface area contributed by atoms with Crippen LogP contribution in [0.4, 0.5) is 0 Å². The van der Waals surface area contributed by atoms with Gasteiger partial charge in [-0.05, 0) is 143 Å². The predicted octanol–water partition coefficient (Wildman–Crippen LogP) is 13.7. The van der Waals surface area contributed by atoms with E-state index in [0.717, 1.165) is 24.7 Å². The van der Waals surface area contributed by atoms with Crippen molar-refractivity contribution in [3.63, 3.8) is 0 Å². The summed E-state index contributed by atoms with van der Waals surface area (Å²) in [5.74, 6) is 2.93. The summed E-state index contributed by atoms with van der Waals surface area (Å²) < 4.78 is 0. The Hall–Kier alpha value is -2.34. The van der Waals surface area contributed by atoms with Crippen molar-refractivity contribution in [2.75, 3.05) is 0 Å². The quantitative estimate of drug-likeness (QED) is 0.134. The van der Waals surface area contributed by atoms with E-state index in [0.29, 0.717) is 11.8 Å². The fourth-order valence-electron chi connectivity index (χ4n) is 8.24. The zero-order valence-corrected chi connectivity index (χ0v) is 28.9. The van der Waals surface area contributed by atoms with Crippen LogP contribution in [-0.2, 0) is 6.42 Å². The van der Waals surface area contributed by atoms with Crippen LogP contribution < -0.4 is 0 Å². The maximum Gasteiger partial charge on any atom is -0.00228 e. The molecule has 2 aromatic carbocycles. The van der Waals surface area contributed by atoms with Gasteiger partial charge in [-0.3, -0.25) is 0 Å². The lowest BCUT2D eigenvalue weighted by atomic mass is 9.72. The van der Waals surface area contributed by atoms with Crippen LogP contribution in [0.15, 0.2) is 78.9 Å². The summed E-state index contributed by atoms with van der Waals surface area (Å²) in [4.78, 5) is 0. The maximum absolute atomic E-state index is 4.51. The van der Waals surface area contributed by atoms with E-state index in [-0.39, 0.29) is 0 Å². The first-order valence-corrected chi connectivity index (χ1v) is 18.5. The molecule has 3 atom stereocenters. The molecule has 240 valence electrons. The summed E-state index contributed by atoms with van der Waals surface area (Å²) in [5, 5.41) is 0. The molecule has 0 nitrogen and oxygen atoms in total. The van der Waals surface area contributed by atoms with Crippen molar-refractivity contribution in [3.05, 3.63) is 107 Å². The zero-order valence-electron chi connectivity index (χ0n) is 28.9. The summed E-state index contributed by atoms with van der Waals surface area (Å²) in [5.41, 5.74) is 10.3. The summed E-state index contributed by atoms with van der Waals surface area (Å²) in [6.45, 7) is 15.5. The Bertz CT molecular complexity index is 1170. The van der Waals surface area contributed by atoms with Crippen LogP contribution in [0.25, 0.3) is 0 Å². The molecule has 0 aliphatic heterocycles. The Balaban J connectivity index is 1.39. The minimum atomic E-state index is 0.519. The molecule has 0 saturated heterocycles. The van der Waals surface area contributed by atoms with Crippen molar-refractivity contribution in [2.45, 2.75) is 155 Å². The van der Waals surface area contributed by atoms with E-state index in [1.165, 1.54) is 137 Å². The minimum Gasteiger partial charge on any atom is -0.100 e. The van der Waals surface area contributed by atoms with Crippen LogP contribution in [-0.4, -0.2) is 0 Å². The molecule has 0 heteroatoms. The van der Waals surface area contributed by atoms with Gasteiger partial charge < -0.3 is 0 Å².